The van der Waals surface area contributed by atoms with Gasteiger partial charge >= 0.3 is 0 Å². The largest absolute Gasteiger partial charge is 0.493 e. The van der Waals surface area contributed by atoms with Gasteiger partial charge in [0.25, 0.3) is 0 Å². The lowest BCUT2D eigenvalue weighted by Crippen LogP contribution is -2.10. The van der Waals surface area contributed by atoms with Crippen LogP contribution in [0, 0.1) is 3.95 Å². The van der Waals surface area contributed by atoms with Crippen LogP contribution in [0.1, 0.15) is 22.9 Å². The van der Waals surface area contributed by atoms with Crippen molar-refractivity contribution in [3.05, 3.63) is 50.3 Å². The maximum Gasteiger partial charge on any atom is 0.210 e. The van der Waals surface area contributed by atoms with E-state index in [-0.39, 0.29) is 23.4 Å². The van der Waals surface area contributed by atoms with Crippen molar-refractivity contribution >= 4 is 51.4 Å². The fraction of sp³-hybridized carbons (Fsp3) is 0.235. The van der Waals surface area contributed by atoms with Crippen LogP contribution < -0.4 is 0 Å². The summed E-state index contributed by atoms with van der Waals surface area (Å²) < 4.78 is 25.5. The predicted octanol–water partition coefficient (Wildman–Crippen LogP) is 3.22. The van der Waals surface area contributed by atoms with Gasteiger partial charge in [0.1, 0.15) is 5.71 Å². The van der Waals surface area contributed by atoms with Crippen LogP contribution in [0.2, 0.25) is 0 Å². The van der Waals surface area contributed by atoms with Crippen LogP contribution >= 0.6 is 23.6 Å². The zero-order valence-corrected chi connectivity index (χ0v) is 16.0. The smallest absolute Gasteiger partial charge is 0.210 e. The summed E-state index contributed by atoms with van der Waals surface area (Å²) in [7, 11) is -3.06. The molecule has 6 nitrogen and oxygen atoms in total. The maximum atomic E-state index is 11.8. The third kappa shape index (κ3) is 3.17. The molecule has 134 valence electrons. The fourth-order valence-corrected chi connectivity index (χ4v) is 6.23. The molecule has 1 unspecified atom stereocenters. The van der Waals surface area contributed by atoms with E-state index in [2.05, 4.69) is 10.2 Å². The Labute approximate surface area is 159 Å². The topological polar surface area (TPSA) is 84.0 Å². The molecule has 1 fully saturated rings. The molecule has 1 atom stereocenters. The Balaban J connectivity index is 1.71. The van der Waals surface area contributed by atoms with Crippen LogP contribution in [0.25, 0.3) is 6.08 Å². The summed E-state index contributed by atoms with van der Waals surface area (Å²) >= 11 is 6.62. The standard InChI is InChI=1S/C17H15N3O3S3/c21-16-14(25-17(24)20(16)13-6-7-26(22,23)10-13)8-12-9-18-19-15(12)11-4-2-1-3-5-11/h1-5,8-9,13,21H,6-7,10H2/b12-8+. The van der Waals surface area contributed by atoms with Gasteiger partial charge in [-0.2, -0.15) is 5.10 Å². The molecule has 9 heteroatoms. The number of hydrogen-bond acceptors (Lipinski definition) is 7. The lowest BCUT2D eigenvalue weighted by molar-refractivity contribution is 0.390. The molecule has 0 bridgehead atoms. The lowest BCUT2D eigenvalue weighted by atomic mass is 10.0. The molecule has 1 aromatic carbocycles. The van der Waals surface area contributed by atoms with Gasteiger partial charge in [0.05, 0.1) is 28.6 Å². The minimum absolute atomic E-state index is 0.00214. The number of rotatable bonds is 3. The first-order chi connectivity index (χ1) is 12.4. The van der Waals surface area contributed by atoms with Crippen molar-refractivity contribution in [3.8, 4) is 5.88 Å². The van der Waals surface area contributed by atoms with Crippen molar-refractivity contribution in [2.24, 2.45) is 10.2 Å². The number of benzene rings is 1. The van der Waals surface area contributed by atoms with E-state index in [0.717, 1.165) is 16.8 Å². The molecule has 2 aliphatic heterocycles. The molecule has 0 radical (unpaired) electrons. The van der Waals surface area contributed by atoms with E-state index in [9.17, 15) is 13.5 Å². The Morgan fingerprint density at radius 2 is 2.08 bits per heavy atom. The van der Waals surface area contributed by atoms with Gasteiger partial charge in [-0.05, 0) is 24.7 Å². The van der Waals surface area contributed by atoms with E-state index in [1.165, 1.54) is 11.3 Å². The normalized spacial score (nSPS) is 22.8. The van der Waals surface area contributed by atoms with Gasteiger partial charge in [-0.1, -0.05) is 30.3 Å². The minimum Gasteiger partial charge on any atom is -0.493 e. The second-order valence-corrected chi connectivity index (χ2v) is 10.0. The molecule has 26 heavy (non-hydrogen) atoms. The summed E-state index contributed by atoms with van der Waals surface area (Å²) in [5, 5.41) is 18.8. The highest BCUT2D eigenvalue weighted by Crippen LogP contribution is 2.36. The number of aromatic hydroxyl groups is 1. The summed E-state index contributed by atoms with van der Waals surface area (Å²) in [5.74, 6) is 0.143. The van der Waals surface area contributed by atoms with Gasteiger partial charge in [0.2, 0.25) is 5.88 Å². The number of sulfone groups is 1. The summed E-state index contributed by atoms with van der Waals surface area (Å²) in [4.78, 5) is 0.575. The van der Waals surface area contributed by atoms with Gasteiger partial charge in [-0.25, -0.2) is 8.42 Å². The predicted molar refractivity (Wildman–Crippen MR) is 107 cm³/mol. The van der Waals surface area contributed by atoms with Crippen LogP contribution in [0.15, 0.2) is 46.1 Å². The number of hydrogen-bond donors (Lipinski definition) is 1. The maximum absolute atomic E-state index is 11.8. The quantitative estimate of drug-likeness (QED) is 0.795. The Hall–Kier alpha value is -2.10. The average molecular weight is 406 g/mol. The molecule has 3 heterocycles. The monoisotopic (exact) mass is 405 g/mol. The molecular weight excluding hydrogens is 390 g/mol. The van der Waals surface area contributed by atoms with E-state index >= 15 is 0 Å². The average Bonchev–Trinajstić information content (AvgIpc) is 3.28. The molecule has 1 saturated heterocycles. The van der Waals surface area contributed by atoms with Gasteiger partial charge in [-0.3, -0.25) is 4.57 Å². The minimum atomic E-state index is -3.06. The van der Waals surface area contributed by atoms with Crippen molar-refractivity contribution in [1.29, 1.82) is 0 Å². The van der Waals surface area contributed by atoms with Crippen LogP contribution in [0.5, 0.6) is 5.88 Å². The van der Waals surface area contributed by atoms with Gasteiger partial charge in [0, 0.05) is 11.1 Å². The highest BCUT2D eigenvalue weighted by molar-refractivity contribution is 7.91. The molecule has 0 spiro atoms. The summed E-state index contributed by atoms with van der Waals surface area (Å²) in [6.45, 7) is 0. The van der Waals surface area contributed by atoms with E-state index in [1.54, 1.807) is 16.9 Å². The summed E-state index contributed by atoms with van der Waals surface area (Å²) in [6, 6.07) is 9.35. The first-order valence-electron chi connectivity index (χ1n) is 7.98. The number of allylic oxidation sites excluding steroid dienone is 1. The van der Waals surface area contributed by atoms with E-state index in [0.29, 0.717) is 15.3 Å². The zero-order chi connectivity index (χ0) is 18.3. The Morgan fingerprint density at radius 1 is 1.31 bits per heavy atom. The molecule has 2 aromatic rings. The molecule has 0 aliphatic carbocycles. The molecule has 1 N–H and O–H groups in total. The molecule has 0 amide bonds. The first-order valence-corrected chi connectivity index (χ1v) is 11.0. The highest BCUT2D eigenvalue weighted by Gasteiger charge is 2.31. The van der Waals surface area contributed by atoms with Crippen LogP contribution in [0.4, 0.5) is 0 Å². The van der Waals surface area contributed by atoms with Gasteiger partial charge < -0.3 is 5.11 Å². The number of aromatic nitrogens is 1. The summed E-state index contributed by atoms with van der Waals surface area (Å²) in [5.41, 5.74) is 2.42. The molecular formula is C17H15N3O3S3. The Kier molecular flexibility index (Phi) is 4.37. The molecule has 1 aromatic heterocycles. The van der Waals surface area contributed by atoms with Crippen molar-refractivity contribution in [1.82, 2.24) is 4.57 Å². The molecule has 0 saturated carbocycles. The lowest BCUT2D eigenvalue weighted by Gasteiger charge is -2.11. The van der Waals surface area contributed by atoms with Crippen molar-refractivity contribution < 1.29 is 13.5 Å². The van der Waals surface area contributed by atoms with E-state index in [1.807, 2.05) is 30.3 Å². The van der Waals surface area contributed by atoms with Crippen molar-refractivity contribution in [2.75, 3.05) is 11.5 Å². The highest BCUT2D eigenvalue weighted by atomic mass is 32.2. The third-order valence-corrected chi connectivity index (χ3v) is 7.47. The molecule has 2 aliphatic rings. The second-order valence-electron chi connectivity index (χ2n) is 6.14. The van der Waals surface area contributed by atoms with Crippen LogP contribution in [-0.2, 0) is 9.84 Å². The second kappa shape index (κ2) is 6.57. The van der Waals surface area contributed by atoms with Gasteiger partial charge in [-0.15, -0.1) is 16.4 Å². The number of thiazole rings is 1. The Morgan fingerprint density at radius 3 is 2.77 bits per heavy atom. The molecule has 4 rings (SSSR count). The van der Waals surface area contributed by atoms with Crippen molar-refractivity contribution in [3.63, 3.8) is 0 Å². The third-order valence-electron chi connectivity index (χ3n) is 4.38. The van der Waals surface area contributed by atoms with Crippen LogP contribution in [0.3, 0.4) is 0 Å². The zero-order valence-electron chi connectivity index (χ0n) is 13.6. The fourth-order valence-electron chi connectivity index (χ4n) is 3.12. The van der Waals surface area contributed by atoms with Gasteiger partial charge in [0.15, 0.2) is 13.8 Å². The van der Waals surface area contributed by atoms with Crippen molar-refractivity contribution in [2.45, 2.75) is 12.5 Å². The summed E-state index contributed by atoms with van der Waals surface area (Å²) in [6.07, 6.45) is 3.89. The van der Waals surface area contributed by atoms with E-state index < -0.39 is 9.84 Å². The number of nitrogens with zero attached hydrogens (tertiary/aromatic N) is 3. The van der Waals surface area contributed by atoms with E-state index in [4.69, 9.17) is 12.2 Å². The van der Waals surface area contributed by atoms with Crippen LogP contribution in [-0.4, -0.2) is 41.5 Å². The first kappa shape index (κ1) is 17.3. The Bertz CT molecular complexity index is 1110. The SMILES string of the molecule is O=S1(=O)CCC(n2c(O)c(/C=C3\C=NN=C3c3ccccc3)sc2=S)C1.